The Kier molecular flexibility index (Phi) is 8.48. The zero-order chi connectivity index (χ0) is 13.1. The Hall–Kier alpha value is -1.05. The molecule has 0 bridgehead atoms. The zero-order valence-electron chi connectivity index (χ0n) is 9.59. The highest BCUT2D eigenvalue weighted by Gasteiger charge is 2.20. The fraction of sp³-hybridized carbons (Fsp3) is 0.667. The van der Waals surface area contributed by atoms with Crippen molar-refractivity contribution in [3.8, 4) is 0 Å². The molecule has 0 saturated heterocycles. The number of nitrogens with two attached hydrogens (primary N) is 1. The predicted octanol–water partition coefficient (Wildman–Crippen LogP) is 2.12. The number of H-pyrrole nitrogens is 1. The maximum atomic E-state index is 9.75. The number of unbranched alkanes of at least 4 members (excludes halogenated alkanes) is 3. The van der Waals surface area contributed by atoms with Gasteiger partial charge in [-0.2, -0.15) is 0 Å². The third kappa shape index (κ3) is 15.0. The summed E-state index contributed by atoms with van der Waals surface area (Å²) in [5, 5.41) is 0. The molecular formula is C9H18BF4N3. The predicted molar refractivity (Wildman–Crippen MR) is 58.7 cm³/mol. The van der Waals surface area contributed by atoms with E-state index in [0.29, 0.717) is 0 Å². The molecule has 0 spiro atoms. The molecule has 0 unspecified atom stereocenters. The van der Waals surface area contributed by atoms with Crippen LogP contribution in [0.1, 0.15) is 25.7 Å². The second-order valence-corrected chi connectivity index (χ2v) is 3.55. The Morgan fingerprint density at radius 1 is 1.06 bits per heavy atom. The lowest BCUT2D eigenvalue weighted by Gasteiger charge is -1.96. The third-order valence-corrected chi connectivity index (χ3v) is 1.97. The summed E-state index contributed by atoms with van der Waals surface area (Å²) in [6, 6.07) is 0. The first kappa shape index (κ1) is 16.0. The molecule has 3 N–H and O–H groups in total. The van der Waals surface area contributed by atoms with Gasteiger partial charge in [-0.25, -0.2) is 4.57 Å². The molecule has 17 heavy (non-hydrogen) atoms. The second-order valence-electron chi connectivity index (χ2n) is 3.55. The third-order valence-electron chi connectivity index (χ3n) is 1.97. The van der Waals surface area contributed by atoms with Gasteiger partial charge in [-0.1, -0.05) is 6.42 Å². The van der Waals surface area contributed by atoms with Gasteiger partial charge in [-0.3, -0.25) is 4.98 Å². The van der Waals surface area contributed by atoms with Crippen molar-refractivity contribution in [3.63, 3.8) is 0 Å². The first-order chi connectivity index (χ1) is 7.93. The van der Waals surface area contributed by atoms with Crippen LogP contribution < -0.4 is 10.3 Å². The summed E-state index contributed by atoms with van der Waals surface area (Å²) in [6.45, 7) is 1.95. The molecule has 0 aromatic carbocycles. The Morgan fingerprint density at radius 3 is 2.12 bits per heavy atom. The summed E-state index contributed by atoms with van der Waals surface area (Å²) >= 11 is 0. The number of aryl methyl sites for hydroxylation is 1. The highest BCUT2D eigenvalue weighted by atomic mass is 19.5. The van der Waals surface area contributed by atoms with Crippen LogP contribution >= 0.6 is 0 Å². The van der Waals surface area contributed by atoms with Gasteiger partial charge in [-0.15, -0.1) is 0 Å². The van der Waals surface area contributed by atoms with Crippen LogP contribution in [0.3, 0.4) is 0 Å². The summed E-state index contributed by atoms with van der Waals surface area (Å²) in [7, 11) is -6.00. The van der Waals surface area contributed by atoms with Gasteiger partial charge in [0, 0.05) is 0 Å². The number of aromatic amines is 1. The number of hydrogen-bond donors (Lipinski definition) is 2. The van der Waals surface area contributed by atoms with Gasteiger partial charge in [-0.05, 0) is 25.8 Å². The Bertz CT molecular complexity index is 258. The van der Waals surface area contributed by atoms with Crippen molar-refractivity contribution in [2.75, 3.05) is 6.54 Å². The Labute approximate surface area is 98.1 Å². The van der Waals surface area contributed by atoms with Crippen molar-refractivity contribution in [3.05, 3.63) is 18.7 Å². The summed E-state index contributed by atoms with van der Waals surface area (Å²) in [5.74, 6) is 0. The molecule has 0 aliphatic carbocycles. The number of aromatic nitrogens is 2. The van der Waals surface area contributed by atoms with Gasteiger partial charge in [0.2, 0.25) is 6.33 Å². The van der Waals surface area contributed by atoms with Crippen LogP contribution in [0.4, 0.5) is 17.3 Å². The van der Waals surface area contributed by atoms with Gasteiger partial charge in [0.05, 0.1) is 6.54 Å². The maximum Gasteiger partial charge on any atom is 0.673 e. The summed E-state index contributed by atoms with van der Waals surface area (Å²) in [5.41, 5.74) is 5.40. The van der Waals surface area contributed by atoms with Crippen molar-refractivity contribution >= 4 is 7.25 Å². The molecule has 0 saturated carbocycles. The standard InChI is InChI=1S/C9H17N3.BF4/c10-5-3-1-2-4-7-12-8-6-11-9-12;2-1(3,4)5/h6,8-9H,1-5,7,10H2;/q;-1/p+1. The van der Waals surface area contributed by atoms with E-state index in [1.807, 2.05) is 12.5 Å². The molecular weight excluding hydrogens is 237 g/mol. The number of nitrogens with zero attached hydrogens (tertiary/aromatic N) is 1. The Morgan fingerprint density at radius 2 is 1.65 bits per heavy atom. The summed E-state index contributed by atoms with van der Waals surface area (Å²) in [4.78, 5) is 3.02. The molecule has 1 rings (SSSR count). The van der Waals surface area contributed by atoms with Crippen molar-refractivity contribution in [2.24, 2.45) is 5.73 Å². The van der Waals surface area contributed by atoms with Crippen LogP contribution in [0.2, 0.25) is 0 Å². The van der Waals surface area contributed by atoms with Crippen LogP contribution in [0.15, 0.2) is 18.7 Å². The van der Waals surface area contributed by atoms with E-state index in [4.69, 9.17) is 5.73 Å². The highest BCUT2D eigenvalue weighted by molar-refractivity contribution is 6.50. The van der Waals surface area contributed by atoms with E-state index in [0.717, 1.165) is 19.5 Å². The molecule has 1 aromatic rings. The molecule has 0 amide bonds. The molecule has 8 heteroatoms. The fourth-order valence-electron chi connectivity index (χ4n) is 1.25. The van der Waals surface area contributed by atoms with Crippen LogP contribution in [0.25, 0.3) is 0 Å². The average Bonchev–Trinajstić information content (AvgIpc) is 2.67. The minimum Gasteiger partial charge on any atom is -0.418 e. The fourth-order valence-corrected chi connectivity index (χ4v) is 1.25. The van der Waals surface area contributed by atoms with Gasteiger partial charge >= 0.3 is 7.25 Å². The average molecular weight is 255 g/mol. The zero-order valence-corrected chi connectivity index (χ0v) is 9.59. The topological polar surface area (TPSA) is 45.7 Å². The molecule has 0 fully saturated rings. The van der Waals surface area contributed by atoms with Crippen molar-refractivity contribution in [2.45, 2.75) is 32.2 Å². The van der Waals surface area contributed by atoms with Crippen LogP contribution in [0.5, 0.6) is 0 Å². The van der Waals surface area contributed by atoms with E-state index in [-0.39, 0.29) is 0 Å². The molecule has 100 valence electrons. The molecule has 1 aromatic heterocycles. The molecule has 1 heterocycles. The molecule has 0 aliphatic rings. The first-order valence-corrected chi connectivity index (χ1v) is 5.52. The van der Waals surface area contributed by atoms with Crippen molar-refractivity contribution in [1.82, 2.24) is 4.98 Å². The van der Waals surface area contributed by atoms with Gasteiger partial charge in [0.25, 0.3) is 0 Å². The summed E-state index contributed by atoms with van der Waals surface area (Å²) in [6.07, 6.45) is 11.0. The van der Waals surface area contributed by atoms with E-state index in [2.05, 4.69) is 15.7 Å². The minimum atomic E-state index is -6.00. The Balaban J connectivity index is 0.000000437. The van der Waals surface area contributed by atoms with E-state index in [1.54, 1.807) is 0 Å². The van der Waals surface area contributed by atoms with Crippen LogP contribution in [-0.4, -0.2) is 18.8 Å². The number of halogens is 4. The number of nitrogens with one attached hydrogen (secondary N) is 1. The second kappa shape index (κ2) is 9.03. The van der Waals surface area contributed by atoms with E-state index in [9.17, 15) is 17.3 Å². The smallest absolute Gasteiger partial charge is 0.418 e. The van der Waals surface area contributed by atoms with E-state index >= 15 is 0 Å². The lowest BCUT2D eigenvalue weighted by atomic mass is 10.2. The quantitative estimate of drug-likeness (QED) is 0.348. The normalized spacial score (nSPS) is 10.9. The van der Waals surface area contributed by atoms with Crippen molar-refractivity contribution < 1.29 is 21.8 Å². The number of hydrogen-bond acceptors (Lipinski definition) is 1. The number of rotatable bonds is 6. The SMILES string of the molecule is F[B-](F)(F)F.NCCCCCC[n+]1cc[nH]c1. The minimum absolute atomic E-state index is 0.831. The molecule has 0 aliphatic heterocycles. The largest absolute Gasteiger partial charge is 0.673 e. The molecule has 0 radical (unpaired) electrons. The van der Waals surface area contributed by atoms with E-state index < -0.39 is 7.25 Å². The lowest BCUT2D eigenvalue weighted by Crippen LogP contribution is -2.30. The highest BCUT2D eigenvalue weighted by Crippen LogP contribution is 2.06. The van der Waals surface area contributed by atoms with Crippen LogP contribution in [-0.2, 0) is 6.54 Å². The lowest BCUT2D eigenvalue weighted by molar-refractivity contribution is -0.696. The number of imidazole rings is 1. The molecule has 0 atom stereocenters. The first-order valence-electron chi connectivity index (χ1n) is 5.52. The van der Waals surface area contributed by atoms with Gasteiger partial charge < -0.3 is 23.0 Å². The van der Waals surface area contributed by atoms with Crippen molar-refractivity contribution in [1.29, 1.82) is 0 Å². The van der Waals surface area contributed by atoms with Gasteiger partial charge in [0.15, 0.2) is 0 Å². The van der Waals surface area contributed by atoms with Gasteiger partial charge in [0.1, 0.15) is 12.4 Å². The molecule has 3 nitrogen and oxygen atoms in total. The monoisotopic (exact) mass is 255 g/mol. The maximum absolute atomic E-state index is 9.75. The van der Waals surface area contributed by atoms with E-state index in [1.165, 1.54) is 19.3 Å². The van der Waals surface area contributed by atoms with Crippen LogP contribution in [0, 0.1) is 0 Å². The summed E-state index contributed by atoms with van der Waals surface area (Å²) < 4.78 is 41.2.